The van der Waals surface area contributed by atoms with Gasteiger partial charge in [-0.15, -0.1) is 0 Å². The highest BCUT2D eigenvalue weighted by atomic mass is 79.9. The van der Waals surface area contributed by atoms with Crippen molar-refractivity contribution in [1.29, 1.82) is 0 Å². The number of hydrogen-bond donors (Lipinski definition) is 2. The molecule has 0 radical (unpaired) electrons. The second-order valence-electron chi connectivity index (χ2n) is 3.67. The number of benzene rings is 1. The predicted molar refractivity (Wildman–Crippen MR) is 64.2 cm³/mol. The average molecular weight is 336 g/mol. The van der Waals surface area contributed by atoms with Gasteiger partial charge in [-0.3, -0.25) is 4.79 Å². The van der Waals surface area contributed by atoms with Gasteiger partial charge in [-0.2, -0.15) is 13.2 Å². The number of rotatable bonds is 1. The number of carboxylic acids is 1. The van der Waals surface area contributed by atoms with Crippen LogP contribution in [0.4, 0.5) is 13.2 Å². The summed E-state index contributed by atoms with van der Waals surface area (Å²) in [4.78, 5) is 24.7. The van der Waals surface area contributed by atoms with E-state index >= 15 is 0 Å². The van der Waals surface area contributed by atoms with Crippen LogP contribution in [0.1, 0.15) is 16.1 Å². The minimum atomic E-state index is -4.96. The Bertz CT molecular complexity index is 736. The van der Waals surface area contributed by atoms with Gasteiger partial charge in [-0.1, -0.05) is 6.07 Å². The smallest absolute Gasteiger partial charge is 0.432 e. The van der Waals surface area contributed by atoms with E-state index < -0.39 is 28.8 Å². The molecule has 1 aromatic carbocycles. The number of halogens is 4. The highest BCUT2D eigenvalue weighted by molar-refractivity contribution is 9.10. The second-order valence-corrected chi connectivity index (χ2v) is 4.52. The van der Waals surface area contributed by atoms with E-state index in [1.54, 1.807) is 0 Å². The van der Waals surface area contributed by atoms with Crippen molar-refractivity contribution in [3.63, 3.8) is 0 Å². The molecule has 100 valence electrons. The van der Waals surface area contributed by atoms with Crippen molar-refractivity contribution in [3.8, 4) is 0 Å². The van der Waals surface area contributed by atoms with Crippen molar-refractivity contribution >= 4 is 32.8 Å². The van der Waals surface area contributed by atoms with Crippen LogP contribution in [0.5, 0.6) is 0 Å². The number of fused-ring (bicyclic) bond motifs is 1. The summed E-state index contributed by atoms with van der Waals surface area (Å²) in [7, 11) is 0. The first kappa shape index (κ1) is 13.6. The van der Waals surface area contributed by atoms with Crippen molar-refractivity contribution in [1.82, 2.24) is 4.98 Å². The minimum Gasteiger partial charge on any atom is -0.477 e. The third-order valence-corrected chi connectivity index (χ3v) is 3.14. The fourth-order valence-electron chi connectivity index (χ4n) is 1.69. The number of H-pyrrole nitrogens is 1. The minimum absolute atomic E-state index is 0.0928. The van der Waals surface area contributed by atoms with Crippen LogP contribution in [0.25, 0.3) is 10.9 Å². The standard InChI is InChI=1S/C11H5BrF3NO3/c12-5-3-1-2-4-7(5)16-9(11(13,14)15)6(8(4)17)10(18)19/h1-3H,(H,16,17)(H,18,19). The molecule has 0 spiro atoms. The summed E-state index contributed by atoms with van der Waals surface area (Å²) in [5.74, 6) is -1.92. The first-order chi connectivity index (χ1) is 8.73. The summed E-state index contributed by atoms with van der Waals surface area (Å²) < 4.78 is 38.6. The van der Waals surface area contributed by atoms with Crippen LogP contribution in [-0.4, -0.2) is 16.1 Å². The molecule has 0 atom stereocenters. The first-order valence-corrected chi connectivity index (χ1v) is 5.67. The lowest BCUT2D eigenvalue weighted by Crippen LogP contribution is -2.24. The van der Waals surface area contributed by atoms with E-state index in [9.17, 15) is 22.8 Å². The van der Waals surface area contributed by atoms with Gasteiger partial charge >= 0.3 is 12.1 Å². The van der Waals surface area contributed by atoms with E-state index in [2.05, 4.69) is 15.9 Å². The molecule has 0 aliphatic rings. The topological polar surface area (TPSA) is 70.2 Å². The molecule has 0 fully saturated rings. The monoisotopic (exact) mass is 335 g/mol. The van der Waals surface area contributed by atoms with Gasteiger partial charge in [-0.25, -0.2) is 4.79 Å². The molecule has 2 N–H and O–H groups in total. The van der Waals surface area contributed by atoms with Gasteiger partial charge in [0.15, 0.2) is 0 Å². The number of alkyl halides is 3. The third-order valence-electron chi connectivity index (χ3n) is 2.48. The summed E-state index contributed by atoms with van der Waals surface area (Å²) in [6, 6.07) is 4.13. The lowest BCUT2D eigenvalue weighted by Gasteiger charge is -2.12. The highest BCUT2D eigenvalue weighted by Gasteiger charge is 2.38. The zero-order chi connectivity index (χ0) is 14.4. The van der Waals surface area contributed by atoms with Crippen LogP contribution in [0.2, 0.25) is 0 Å². The molecule has 8 heteroatoms. The Morgan fingerprint density at radius 1 is 1.32 bits per heavy atom. The molecule has 0 aliphatic carbocycles. The number of pyridine rings is 1. The van der Waals surface area contributed by atoms with Gasteiger partial charge < -0.3 is 10.1 Å². The molecule has 19 heavy (non-hydrogen) atoms. The molecule has 0 unspecified atom stereocenters. The summed E-state index contributed by atoms with van der Waals surface area (Å²) in [6.45, 7) is 0. The van der Waals surface area contributed by atoms with Crippen LogP contribution in [0.3, 0.4) is 0 Å². The zero-order valence-corrected chi connectivity index (χ0v) is 10.6. The maximum absolute atomic E-state index is 12.8. The van der Waals surface area contributed by atoms with Crippen molar-refractivity contribution in [2.45, 2.75) is 6.18 Å². The van der Waals surface area contributed by atoms with E-state index in [1.807, 2.05) is 4.98 Å². The van der Waals surface area contributed by atoms with Crippen molar-refractivity contribution in [2.75, 3.05) is 0 Å². The number of nitrogens with one attached hydrogen (secondary N) is 1. The third kappa shape index (κ3) is 2.23. The fourth-order valence-corrected chi connectivity index (χ4v) is 2.16. The fraction of sp³-hybridized carbons (Fsp3) is 0.0909. The molecule has 0 saturated heterocycles. The van der Waals surface area contributed by atoms with Crippen molar-refractivity contribution in [3.05, 3.63) is 44.2 Å². The zero-order valence-electron chi connectivity index (χ0n) is 9.01. The van der Waals surface area contributed by atoms with Crippen LogP contribution in [-0.2, 0) is 6.18 Å². The SMILES string of the molecule is O=C(O)c1c(C(F)(F)F)[nH]c2c(Br)cccc2c1=O. The molecular weight excluding hydrogens is 331 g/mol. The van der Waals surface area contributed by atoms with Gasteiger partial charge in [0, 0.05) is 9.86 Å². The van der Waals surface area contributed by atoms with Gasteiger partial charge in [0.05, 0.1) is 5.52 Å². The van der Waals surface area contributed by atoms with E-state index in [0.717, 1.165) is 0 Å². The Morgan fingerprint density at radius 3 is 2.47 bits per heavy atom. The Labute approximate surface area is 112 Å². The van der Waals surface area contributed by atoms with Gasteiger partial charge in [0.2, 0.25) is 5.43 Å². The molecule has 2 aromatic rings. The molecule has 0 saturated carbocycles. The maximum atomic E-state index is 12.8. The Morgan fingerprint density at radius 2 is 1.95 bits per heavy atom. The highest BCUT2D eigenvalue weighted by Crippen LogP contribution is 2.32. The molecule has 1 aromatic heterocycles. The lowest BCUT2D eigenvalue weighted by atomic mass is 10.1. The molecule has 0 bridgehead atoms. The number of carboxylic acid groups (broad SMARTS) is 1. The van der Waals surface area contributed by atoms with E-state index in [4.69, 9.17) is 5.11 Å². The normalized spacial score (nSPS) is 11.8. The largest absolute Gasteiger partial charge is 0.477 e. The Kier molecular flexibility index (Phi) is 3.13. The molecule has 0 aliphatic heterocycles. The summed E-state index contributed by atoms with van der Waals surface area (Å²) >= 11 is 3.01. The van der Waals surface area contributed by atoms with E-state index in [-0.39, 0.29) is 15.4 Å². The van der Waals surface area contributed by atoms with Crippen molar-refractivity contribution < 1.29 is 23.1 Å². The summed E-state index contributed by atoms with van der Waals surface area (Å²) in [5, 5.41) is 8.68. The van der Waals surface area contributed by atoms with Crippen LogP contribution < -0.4 is 5.43 Å². The molecule has 1 heterocycles. The molecular formula is C11H5BrF3NO3. The number of hydrogen-bond acceptors (Lipinski definition) is 2. The predicted octanol–water partition coefficient (Wildman–Crippen LogP) is 3.01. The summed E-state index contributed by atoms with van der Waals surface area (Å²) in [5.41, 5.74) is -4.14. The van der Waals surface area contributed by atoms with Gasteiger partial charge in [0.1, 0.15) is 11.3 Å². The Hall–Kier alpha value is -1.83. The molecule has 4 nitrogen and oxygen atoms in total. The van der Waals surface area contributed by atoms with Gasteiger partial charge in [-0.05, 0) is 28.1 Å². The average Bonchev–Trinajstić information content (AvgIpc) is 2.28. The number of aromatic nitrogens is 1. The quantitative estimate of drug-likeness (QED) is 0.841. The number of carbonyl (C=O) groups is 1. The molecule has 0 amide bonds. The van der Waals surface area contributed by atoms with Crippen LogP contribution in [0.15, 0.2) is 27.5 Å². The summed E-state index contributed by atoms with van der Waals surface area (Å²) in [6.07, 6.45) is -4.96. The number of aromatic carboxylic acids is 1. The molecule has 2 rings (SSSR count). The van der Waals surface area contributed by atoms with E-state index in [1.165, 1.54) is 18.2 Å². The van der Waals surface area contributed by atoms with E-state index in [0.29, 0.717) is 0 Å². The second kappa shape index (κ2) is 4.37. The lowest BCUT2D eigenvalue weighted by molar-refractivity contribution is -0.141. The number of aromatic amines is 1. The van der Waals surface area contributed by atoms with Crippen molar-refractivity contribution in [2.24, 2.45) is 0 Å². The Balaban J connectivity index is 3.04. The van der Waals surface area contributed by atoms with Crippen LogP contribution in [0, 0.1) is 0 Å². The number of para-hydroxylation sites is 1. The van der Waals surface area contributed by atoms with Crippen LogP contribution >= 0.6 is 15.9 Å². The first-order valence-electron chi connectivity index (χ1n) is 4.88. The maximum Gasteiger partial charge on any atom is 0.432 e. The van der Waals surface area contributed by atoms with Gasteiger partial charge in [0.25, 0.3) is 0 Å².